The van der Waals surface area contributed by atoms with E-state index < -0.39 is 5.41 Å². The van der Waals surface area contributed by atoms with Crippen molar-refractivity contribution in [3.63, 3.8) is 0 Å². The molecule has 2 heterocycles. The maximum Gasteiger partial charge on any atom is 0.163 e. The fourth-order valence-corrected chi connectivity index (χ4v) is 8.10. The zero-order chi connectivity index (χ0) is 37.5. The quantitative estimate of drug-likeness (QED) is 0.165. The van der Waals surface area contributed by atoms with Gasteiger partial charge in [-0.15, -0.1) is 0 Å². The van der Waals surface area contributed by atoms with E-state index in [4.69, 9.17) is 15.0 Å². The zero-order valence-electron chi connectivity index (χ0n) is 31.0. The van der Waals surface area contributed by atoms with Gasteiger partial charge in [-0.25, -0.2) is 15.0 Å². The second-order valence-corrected chi connectivity index (χ2v) is 14.7. The predicted molar refractivity (Wildman–Crippen MR) is 231 cm³/mol. The van der Waals surface area contributed by atoms with Crippen molar-refractivity contribution in [1.29, 1.82) is 0 Å². The van der Waals surface area contributed by atoms with Crippen molar-refractivity contribution >= 4 is 27.4 Å². The lowest BCUT2D eigenvalue weighted by molar-refractivity contribution is 0.556. The van der Waals surface area contributed by atoms with Crippen molar-refractivity contribution in [3.8, 4) is 50.7 Å². The molecule has 4 nitrogen and oxygen atoms in total. The van der Waals surface area contributed by atoms with Gasteiger partial charge in [-0.3, -0.25) is 0 Å². The minimum Gasteiger partial charge on any atom is -0.309 e. The highest BCUT2D eigenvalue weighted by Gasteiger charge is 2.31. The molecule has 9 aromatic rings. The van der Waals surface area contributed by atoms with Crippen LogP contribution in [0.25, 0.3) is 78.1 Å². The Balaban J connectivity index is 1.05. The Morgan fingerprint density at radius 2 is 1.05 bits per heavy atom. The molecule has 0 N–H and O–H groups in total. The number of rotatable bonds is 7. The summed E-state index contributed by atoms with van der Waals surface area (Å²) >= 11 is 0. The molecule has 0 spiro atoms. The van der Waals surface area contributed by atoms with Gasteiger partial charge in [0.2, 0.25) is 0 Å². The van der Waals surface area contributed by atoms with E-state index in [-0.39, 0.29) is 0 Å². The number of benzene rings is 7. The molecule has 0 bridgehead atoms. The van der Waals surface area contributed by atoms with E-state index in [0.29, 0.717) is 11.6 Å². The van der Waals surface area contributed by atoms with Crippen LogP contribution in [0.4, 0.5) is 0 Å². The summed E-state index contributed by atoms with van der Waals surface area (Å²) in [6.07, 6.45) is 7.60. The summed E-state index contributed by atoms with van der Waals surface area (Å²) < 4.78 is 2.40. The van der Waals surface area contributed by atoms with Gasteiger partial charge >= 0.3 is 0 Å². The van der Waals surface area contributed by atoms with Crippen LogP contribution in [0.1, 0.15) is 24.7 Å². The fourth-order valence-electron chi connectivity index (χ4n) is 8.10. The Morgan fingerprint density at radius 1 is 0.482 bits per heavy atom. The highest BCUT2D eigenvalue weighted by Crippen LogP contribution is 2.41. The molecular formula is C52H38N4. The van der Waals surface area contributed by atoms with Gasteiger partial charge in [0, 0.05) is 33.0 Å². The van der Waals surface area contributed by atoms with E-state index in [0.717, 1.165) is 40.2 Å². The Hall–Kier alpha value is -7.17. The molecule has 7 aromatic carbocycles. The van der Waals surface area contributed by atoms with Gasteiger partial charge in [0.25, 0.3) is 0 Å². The highest BCUT2D eigenvalue weighted by molar-refractivity contribution is 6.16. The first-order valence-corrected chi connectivity index (χ1v) is 19.2. The van der Waals surface area contributed by atoms with Gasteiger partial charge < -0.3 is 4.57 Å². The third-order valence-electron chi connectivity index (χ3n) is 11.0. The van der Waals surface area contributed by atoms with Crippen LogP contribution in [0.3, 0.4) is 0 Å². The van der Waals surface area contributed by atoms with Gasteiger partial charge in [-0.05, 0) is 71.0 Å². The van der Waals surface area contributed by atoms with Crippen molar-refractivity contribution < 1.29 is 0 Å². The summed E-state index contributed by atoms with van der Waals surface area (Å²) in [5.74, 6) is 2.13. The maximum atomic E-state index is 5.10. The standard InChI is InChI=1S/C52H38N4/c1-52(51-54-49(39-18-8-3-9-19-39)53-50(55-51)40-20-10-4-11-21-40)33-15-22-42(35-52)37-27-29-38(30-28-37)44-25-14-26-46-48(44)45-32-31-41(36-16-6-2-7-17-36)34-47(45)56(46)43-23-12-5-13-24-43/h2-32,34-35H,33H2,1H3. The first-order chi connectivity index (χ1) is 27.6. The van der Waals surface area contributed by atoms with Crippen molar-refractivity contribution in [2.24, 2.45) is 0 Å². The summed E-state index contributed by atoms with van der Waals surface area (Å²) in [6, 6.07) is 64.3. The summed E-state index contributed by atoms with van der Waals surface area (Å²) in [6.45, 7) is 2.23. The minimum absolute atomic E-state index is 0.428. The van der Waals surface area contributed by atoms with E-state index in [9.17, 15) is 0 Å². The number of nitrogens with zero attached hydrogens (tertiary/aromatic N) is 4. The average Bonchev–Trinajstić information content (AvgIpc) is 3.61. The maximum absolute atomic E-state index is 5.10. The topological polar surface area (TPSA) is 43.6 Å². The Labute approximate surface area is 326 Å². The smallest absolute Gasteiger partial charge is 0.163 e. The van der Waals surface area contributed by atoms with Crippen LogP contribution in [0.2, 0.25) is 0 Å². The molecule has 1 atom stereocenters. The molecule has 0 radical (unpaired) electrons. The summed E-state index contributed by atoms with van der Waals surface area (Å²) in [5.41, 5.74) is 12.2. The predicted octanol–water partition coefficient (Wildman–Crippen LogP) is 12.9. The molecule has 1 aliphatic carbocycles. The monoisotopic (exact) mass is 718 g/mol. The van der Waals surface area contributed by atoms with Crippen LogP contribution >= 0.6 is 0 Å². The molecule has 10 rings (SSSR count). The molecule has 0 fully saturated rings. The zero-order valence-corrected chi connectivity index (χ0v) is 31.0. The van der Waals surface area contributed by atoms with Crippen molar-refractivity contribution in [2.75, 3.05) is 0 Å². The summed E-state index contributed by atoms with van der Waals surface area (Å²) in [5, 5.41) is 2.49. The number of aromatic nitrogens is 4. The van der Waals surface area contributed by atoms with Crippen molar-refractivity contribution in [1.82, 2.24) is 19.5 Å². The molecular weight excluding hydrogens is 681 g/mol. The molecule has 0 amide bonds. The highest BCUT2D eigenvalue weighted by atomic mass is 15.0. The third-order valence-corrected chi connectivity index (χ3v) is 11.0. The molecule has 1 unspecified atom stereocenters. The molecule has 56 heavy (non-hydrogen) atoms. The Bertz CT molecular complexity index is 2850. The summed E-state index contributed by atoms with van der Waals surface area (Å²) in [4.78, 5) is 15.1. The lowest BCUT2D eigenvalue weighted by Crippen LogP contribution is -2.25. The number of hydrogen-bond acceptors (Lipinski definition) is 3. The molecule has 266 valence electrons. The number of fused-ring (bicyclic) bond motifs is 3. The Morgan fingerprint density at radius 3 is 1.70 bits per heavy atom. The first kappa shape index (κ1) is 33.4. The molecule has 0 saturated heterocycles. The molecule has 2 aromatic heterocycles. The van der Waals surface area contributed by atoms with Gasteiger partial charge in [-0.1, -0.05) is 176 Å². The largest absolute Gasteiger partial charge is 0.309 e. The van der Waals surface area contributed by atoms with Crippen molar-refractivity contribution in [2.45, 2.75) is 18.8 Å². The van der Waals surface area contributed by atoms with Crippen LogP contribution in [0, 0.1) is 0 Å². The fraction of sp³-hybridized carbons (Fsp3) is 0.0577. The first-order valence-electron chi connectivity index (χ1n) is 19.2. The second kappa shape index (κ2) is 13.9. The number of allylic oxidation sites excluding steroid dienone is 4. The minimum atomic E-state index is -0.428. The van der Waals surface area contributed by atoms with Gasteiger partial charge in [0.1, 0.15) is 5.82 Å². The van der Waals surface area contributed by atoms with Crippen LogP contribution in [-0.4, -0.2) is 19.5 Å². The van der Waals surface area contributed by atoms with E-state index in [1.807, 2.05) is 36.4 Å². The van der Waals surface area contributed by atoms with Crippen LogP contribution < -0.4 is 0 Å². The van der Waals surface area contributed by atoms with Crippen LogP contribution in [0.5, 0.6) is 0 Å². The molecule has 0 aliphatic heterocycles. The van der Waals surface area contributed by atoms with E-state index >= 15 is 0 Å². The SMILES string of the molecule is CC1(c2nc(-c3ccccc3)nc(-c3ccccc3)n2)C=C(c2ccc(-c3cccc4c3c3ccc(-c5ccccc5)cc3n4-c3ccccc3)cc2)C=CC1. The van der Waals surface area contributed by atoms with Crippen LogP contribution in [0.15, 0.2) is 200 Å². The normalized spacial score (nSPS) is 15.3. The molecule has 0 saturated carbocycles. The van der Waals surface area contributed by atoms with E-state index in [2.05, 4.69) is 175 Å². The lowest BCUT2D eigenvalue weighted by atomic mass is 9.79. The van der Waals surface area contributed by atoms with Crippen LogP contribution in [-0.2, 0) is 5.41 Å². The Kier molecular flexibility index (Phi) is 8.30. The van der Waals surface area contributed by atoms with Crippen molar-refractivity contribution in [3.05, 3.63) is 212 Å². The molecule has 1 aliphatic rings. The van der Waals surface area contributed by atoms with Gasteiger partial charge in [0.05, 0.1) is 11.0 Å². The summed E-state index contributed by atoms with van der Waals surface area (Å²) in [7, 11) is 0. The lowest BCUT2D eigenvalue weighted by Gasteiger charge is -2.28. The second-order valence-electron chi connectivity index (χ2n) is 14.7. The van der Waals surface area contributed by atoms with E-state index in [1.54, 1.807) is 0 Å². The third kappa shape index (κ3) is 6.02. The number of hydrogen-bond donors (Lipinski definition) is 0. The van der Waals surface area contributed by atoms with Gasteiger partial charge in [0.15, 0.2) is 11.6 Å². The molecule has 4 heteroatoms. The van der Waals surface area contributed by atoms with E-state index in [1.165, 1.54) is 44.1 Å². The van der Waals surface area contributed by atoms with Gasteiger partial charge in [-0.2, -0.15) is 0 Å². The number of para-hydroxylation sites is 1. The average molecular weight is 719 g/mol.